The molecule has 0 aromatic heterocycles. The molecule has 40 heavy (non-hydrogen) atoms. The third kappa shape index (κ3) is 8.54. The summed E-state index contributed by atoms with van der Waals surface area (Å²) in [7, 11) is -2.59. The van der Waals surface area contributed by atoms with Gasteiger partial charge in [0.15, 0.2) is 0 Å². The molecule has 0 saturated heterocycles. The van der Waals surface area contributed by atoms with Crippen molar-refractivity contribution in [3.63, 3.8) is 0 Å². The molecule has 0 aliphatic rings. The first-order chi connectivity index (χ1) is 19.0. The van der Waals surface area contributed by atoms with Crippen molar-refractivity contribution < 1.29 is 18.0 Å². The summed E-state index contributed by atoms with van der Waals surface area (Å²) in [5.74, 6) is -0.828. The molecule has 0 saturated carbocycles. The van der Waals surface area contributed by atoms with Crippen molar-refractivity contribution in [2.45, 2.75) is 50.6 Å². The van der Waals surface area contributed by atoms with Gasteiger partial charge in [-0.3, -0.25) is 9.59 Å². The average Bonchev–Trinajstić information content (AvgIpc) is 2.93. The van der Waals surface area contributed by atoms with Gasteiger partial charge in [-0.1, -0.05) is 90.6 Å². The molecule has 7 nitrogen and oxygen atoms in total. The van der Waals surface area contributed by atoms with Crippen LogP contribution in [0.2, 0.25) is 10.0 Å². The first kappa shape index (κ1) is 31.6. The van der Waals surface area contributed by atoms with E-state index in [1.54, 1.807) is 30.3 Å². The summed E-state index contributed by atoms with van der Waals surface area (Å²) in [6, 6.07) is 19.9. The van der Waals surface area contributed by atoms with Crippen molar-refractivity contribution in [1.82, 2.24) is 14.5 Å². The van der Waals surface area contributed by atoms with Crippen LogP contribution in [0.3, 0.4) is 0 Å². The van der Waals surface area contributed by atoms with Gasteiger partial charge in [-0.25, -0.2) is 8.42 Å². The van der Waals surface area contributed by atoms with Crippen molar-refractivity contribution >= 4 is 45.0 Å². The van der Waals surface area contributed by atoms with Crippen LogP contribution in [0.15, 0.2) is 77.7 Å². The molecule has 0 radical (unpaired) electrons. The fourth-order valence-electron chi connectivity index (χ4n) is 4.15. The Kier molecular flexibility index (Phi) is 11.6. The fourth-order valence-corrected chi connectivity index (χ4v) is 5.59. The summed E-state index contributed by atoms with van der Waals surface area (Å²) >= 11 is 12.4. The Bertz CT molecular complexity index is 1400. The maximum atomic E-state index is 13.9. The number of nitrogens with zero attached hydrogens (tertiary/aromatic N) is 2. The quantitative estimate of drug-likeness (QED) is 0.262. The number of benzene rings is 3. The summed E-state index contributed by atoms with van der Waals surface area (Å²) in [6.07, 6.45) is 1.94. The minimum absolute atomic E-state index is 0.0346. The Balaban J connectivity index is 1.97. The Morgan fingerprint density at radius 2 is 1.60 bits per heavy atom. The first-order valence-corrected chi connectivity index (χ1v) is 15.3. The number of halogens is 2. The van der Waals surface area contributed by atoms with Gasteiger partial charge in [0.25, 0.3) is 0 Å². The fraction of sp³-hybridized carbons (Fsp3) is 0.333. The lowest BCUT2D eigenvalue weighted by molar-refractivity contribution is -0.141. The lowest BCUT2D eigenvalue weighted by Crippen LogP contribution is -2.53. The Morgan fingerprint density at radius 1 is 0.925 bits per heavy atom. The van der Waals surface area contributed by atoms with Crippen LogP contribution in [-0.4, -0.2) is 55.6 Å². The maximum Gasteiger partial charge on any atom is 0.243 e. The first-order valence-electron chi connectivity index (χ1n) is 13.1. The van der Waals surface area contributed by atoms with Crippen LogP contribution in [0.5, 0.6) is 0 Å². The van der Waals surface area contributed by atoms with Crippen LogP contribution in [0.25, 0.3) is 0 Å². The van der Waals surface area contributed by atoms with Gasteiger partial charge in [0.05, 0.1) is 21.5 Å². The van der Waals surface area contributed by atoms with Crippen molar-refractivity contribution in [1.29, 1.82) is 0 Å². The molecule has 0 bridgehead atoms. The van der Waals surface area contributed by atoms with Crippen molar-refractivity contribution in [2.75, 3.05) is 20.1 Å². The number of amides is 2. The largest absolute Gasteiger partial charge is 0.354 e. The number of rotatable bonds is 13. The van der Waals surface area contributed by atoms with E-state index in [1.807, 2.05) is 44.2 Å². The van der Waals surface area contributed by atoms with Crippen LogP contribution >= 0.6 is 23.2 Å². The predicted octanol–water partition coefficient (Wildman–Crippen LogP) is 5.48. The summed E-state index contributed by atoms with van der Waals surface area (Å²) in [6.45, 7) is 3.94. The average molecular weight is 605 g/mol. The number of sulfonamides is 1. The summed E-state index contributed by atoms with van der Waals surface area (Å²) in [4.78, 5) is 28.9. The van der Waals surface area contributed by atoms with Crippen LogP contribution in [-0.2, 0) is 32.6 Å². The summed E-state index contributed by atoms with van der Waals surface area (Å²) < 4.78 is 27.5. The van der Waals surface area contributed by atoms with Gasteiger partial charge in [0, 0.05) is 26.6 Å². The number of nitrogens with one attached hydrogen (secondary N) is 1. The molecule has 10 heteroatoms. The van der Waals surface area contributed by atoms with Crippen molar-refractivity contribution in [2.24, 2.45) is 0 Å². The van der Waals surface area contributed by atoms with Gasteiger partial charge in [-0.05, 0) is 48.7 Å². The van der Waals surface area contributed by atoms with Crippen LogP contribution in [0.1, 0.15) is 36.5 Å². The third-order valence-corrected chi connectivity index (χ3v) is 9.08. The van der Waals surface area contributed by atoms with Gasteiger partial charge in [0.1, 0.15) is 6.04 Å². The Hall–Kier alpha value is -2.91. The maximum absolute atomic E-state index is 13.9. The van der Waals surface area contributed by atoms with Crippen LogP contribution < -0.4 is 5.32 Å². The molecule has 0 heterocycles. The SMILES string of the molecule is CCCCNC(=O)C(Cc1ccccc1)N(Cc1ccc(Cl)c(Cl)c1)C(=O)CN(C)S(=O)(=O)c1ccc(C)cc1. The second kappa shape index (κ2) is 14.6. The van der Waals surface area contributed by atoms with E-state index in [4.69, 9.17) is 23.2 Å². The van der Waals surface area contributed by atoms with Gasteiger partial charge in [-0.2, -0.15) is 4.31 Å². The van der Waals surface area contributed by atoms with Gasteiger partial charge >= 0.3 is 0 Å². The van der Waals surface area contributed by atoms with Crippen LogP contribution in [0.4, 0.5) is 0 Å². The predicted molar refractivity (Wildman–Crippen MR) is 160 cm³/mol. The lowest BCUT2D eigenvalue weighted by atomic mass is 10.0. The van der Waals surface area contributed by atoms with Gasteiger partial charge < -0.3 is 10.2 Å². The molecule has 0 aliphatic heterocycles. The third-order valence-electron chi connectivity index (χ3n) is 6.52. The van der Waals surface area contributed by atoms with Crippen molar-refractivity contribution in [3.8, 4) is 0 Å². The van der Waals surface area contributed by atoms with E-state index >= 15 is 0 Å². The zero-order chi connectivity index (χ0) is 29.3. The second-order valence-electron chi connectivity index (χ2n) is 9.69. The van der Waals surface area contributed by atoms with E-state index < -0.39 is 28.5 Å². The molecular weight excluding hydrogens is 569 g/mol. The zero-order valence-electron chi connectivity index (χ0n) is 22.9. The minimum Gasteiger partial charge on any atom is -0.354 e. The molecule has 2 amide bonds. The highest BCUT2D eigenvalue weighted by molar-refractivity contribution is 7.89. The number of carbonyl (C=O) groups is 2. The molecule has 3 aromatic carbocycles. The molecule has 3 rings (SSSR count). The van der Waals surface area contributed by atoms with E-state index in [2.05, 4.69) is 5.32 Å². The molecule has 1 N–H and O–H groups in total. The van der Waals surface area contributed by atoms with E-state index in [1.165, 1.54) is 24.1 Å². The Morgan fingerprint density at radius 3 is 2.23 bits per heavy atom. The molecule has 1 unspecified atom stereocenters. The van der Waals surface area contributed by atoms with Crippen molar-refractivity contribution in [3.05, 3.63) is 99.5 Å². The van der Waals surface area contributed by atoms with E-state index in [-0.39, 0.29) is 23.8 Å². The molecule has 214 valence electrons. The topological polar surface area (TPSA) is 86.8 Å². The monoisotopic (exact) mass is 603 g/mol. The molecule has 0 spiro atoms. The highest BCUT2D eigenvalue weighted by Gasteiger charge is 2.33. The number of hydrogen-bond acceptors (Lipinski definition) is 4. The smallest absolute Gasteiger partial charge is 0.243 e. The molecule has 1 atom stereocenters. The highest BCUT2D eigenvalue weighted by Crippen LogP contribution is 2.25. The summed E-state index contributed by atoms with van der Waals surface area (Å²) in [5, 5.41) is 3.63. The number of unbranched alkanes of at least 4 members (excludes halogenated alkanes) is 1. The standard InChI is InChI=1S/C30H35Cl2N3O4S/c1-4-5-17-33-30(37)28(19-23-9-7-6-8-10-23)35(20-24-13-16-26(31)27(32)18-24)29(36)21-34(3)40(38,39)25-14-11-22(2)12-15-25/h6-16,18,28H,4-5,17,19-21H2,1-3H3,(H,33,37). The minimum atomic E-state index is -3.95. The van der Waals surface area contributed by atoms with Gasteiger partial charge in [0.2, 0.25) is 21.8 Å². The lowest BCUT2D eigenvalue weighted by Gasteiger charge is -2.32. The van der Waals surface area contributed by atoms with E-state index in [0.29, 0.717) is 22.2 Å². The second-order valence-corrected chi connectivity index (χ2v) is 12.6. The molecule has 0 aliphatic carbocycles. The molecule has 0 fully saturated rings. The summed E-state index contributed by atoms with van der Waals surface area (Å²) in [5.41, 5.74) is 2.44. The molecular formula is C30H35Cl2N3O4S. The van der Waals surface area contributed by atoms with E-state index in [0.717, 1.165) is 28.3 Å². The number of hydrogen-bond donors (Lipinski definition) is 1. The Labute approximate surface area is 247 Å². The zero-order valence-corrected chi connectivity index (χ0v) is 25.3. The number of aryl methyl sites for hydroxylation is 1. The van der Waals surface area contributed by atoms with Crippen LogP contribution in [0, 0.1) is 6.92 Å². The number of likely N-dealkylation sites (N-methyl/N-ethyl adjacent to an activating group) is 1. The normalized spacial score (nSPS) is 12.2. The number of carbonyl (C=O) groups excluding carboxylic acids is 2. The highest BCUT2D eigenvalue weighted by atomic mass is 35.5. The van der Waals surface area contributed by atoms with Gasteiger partial charge in [-0.15, -0.1) is 0 Å². The van der Waals surface area contributed by atoms with E-state index in [9.17, 15) is 18.0 Å². The molecule has 3 aromatic rings.